The summed E-state index contributed by atoms with van der Waals surface area (Å²) in [6.07, 6.45) is 4.11. The maximum Gasteiger partial charge on any atom is 0.133 e. The minimum absolute atomic E-state index is 0.223. The summed E-state index contributed by atoms with van der Waals surface area (Å²) in [5, 5.41) is 16.7. The number of nitrogens with one attached hydrogen (secondary N) is 1. The minimum Gasteiger partial charge on any atom is -0.507 e. The van der Waals surface area contributed by atoms with E-state index in [1.54, 1.807) is 11.3 Å². The molecular weight excluding hydrogens is 332 g/mol. The fourth-order valence-corrected chi connectivity index (χ4v) is 4.06. The highest BCUT2D eigenvalue weighted by Gasteiger charge is 2.17. The van der Waals surface area contributed by atoms with Crippen molar-refractivity contribution in [1.29, 1.82) is 0 Å². The van der Waals surface area contributed by atoms with Crippen LogP contribution in [0.4, 0.5) is 0 Å². The highest BCUT2D eigenvalue weighted by molar-refractivity contribution is 7.17. The number of hydrogen-bond donors (Lipinski definition) is 4. The third kappa shape index (κ3) is 3.91. The van der Waals surface area contributed by atoms with Crippen LogP contribution in [0, 0.1) is 0 Å². The van der Waals surface area contributed by atoms with E-state index >= 15 is 0 Å². The average Bonchev–Trinajstić information content (AvgIpc) is 3.04. The fraction of sp³-hybridized carbons (Fsp3) is 0.368. The molecule has 0 saturated carbocycles. The van der Waals surface area contributed by atoms with Gasteiger partial charge in [0, 0.05) is 33.9 Å². The average molecular weight is 359 g/mol. The second kappa shape index (κ2) is 7.37. The molecule has 0 aliphatic carbocycles. The molecule has 0 amide bonds. The summed E-state index contributed by atoms with van der Waals surface area (Å²) in [5.41, 5.74) is 14.5. The van der Waals surface area contributed by atoms with E-state index < -0.39 is 0 Å². The number of aromatic hydroxyl groups is 1. The van der Waals surface area contributed by atoms with E-state index in [1.807, 2.05) is 36.6 Å². The van der Waals surface area contributed by atoms with E-state index in [2.05, 4.69) is 17.3 Å². The summed E-state index contributed by atoms with van der Waals surface area (Å²) < 4.78 is 1.05. The molecule has 134 valence electrons. The smallest absolute Gasteiger partial charge is 0.133 e. The number of fused-ring (bicyclic) bond motifs is 1. The summed E-state index contributed by atoms with van der Waals surface area (Å²) in [6, 6.07) is 6.10. The highest BCUT2D eigenvalue weighted by Crippen LogP contribution is 2.34. The van der Waals surface area contributed by atoms with Gasteiger partial charge in [0.25, 0.3) is 0 Å². The first kappa shape index (κ1) is 17.6. The van der Waals surface area contributed by atoms with E-state index in [0.717, 1.165) is 35.2 Å². The second-order valence-electron chi connectivity index (χ2n) is 6.74. The topological polar surface area (TPSA) is 87.5 Å². The number of benzene rings is 1. The van der Waals surface area contributed by atoms with Crippen LogP contribution in [0.3, 0.4) is 0 Å². The Morgan fingerprint density at radius 1 is 1.36 bits per heavy atom. The van der Waals surface area contributed by atoms with Gasteiger partial charge in [0.05, 0.1) is 5.82 Å². The quantitative estimate of drug-likeness (QED) is 0.631. The van der Waals surface area contributed by atoms with Crippen LogP contribution in [0.25, 0.3) is 15.8 Å². The Morgan fingerprint density at radius 2 is 2.16 bits per heavy atom. The summed E-state index contributed by atoms with van der Waals surface area (Å²) >= 11 is 1.60. The normalized spacial score (nSPS) is 20.6. The number of hydrogen-bond acceptors (Lipinski definition) is 6. The summed E-state index contributed by atoms with van der Waals surface area (Å²) in [6.45, 7) is 4.06. The molecular formula is C19H26N4OS. The lowest BCUT2D eigenvalue weighted by atomic mass is 10.1. The summed E-state index contributed by atoms with van der Waals surface area (Å²) in [7, 11) is 2.13. The van der Waals surface area contributed by atoms with Gasteiger partial charge in [-0.1, -0.05) is 0 Å². The highest BCUT2D eigenvalue weighted by atomic mass is 32.1. The molecule has 1 aliphatic rings. The van der Waals surface area contributed by atoms with E-state index in [4.69, 9.17) is 11.5 Å². The number of allylic oxidation sites excluding steroid dienone is 2. The Morgan fingerprint density at radius 3 is 2.92 bits per heavy atom. The van der Waals surface area contributed by atoms with Gasteiger partial charge in [-0.15, -0.1) is 11.3 Å². The van der Waals surface area contributed by atoms with E-state index in [1.165, 1.54) is 6.42 Å². The van der Waals surface area contributed by atoms with Gasteiger partial charge in [-0.3, -0.25) is 0 Å². The predicted molar refractivity (Wildman–Crippen MR) is 106 cm³/mol. The fourth-order valence-electron chi connectivity index (χ4n) is 3.27. The van der Waals surface area contributed by atoms with Crippen molar-refractivity contribution in [2.75, 3.05) is 20.1 Å². The van der Waals surface area contributed by atoms with E-state index in [-0.39, 0.29) is 5.75 Å². The van der Waals surface area contributed by atoms with Crippen LogP contribution in [0.1, 0.15) is 25.3 Å². The van der Waals surface area contributed by atoms with Crippen molar-refractivity contribution < 1.29 is 5.11 Å². The molecule has 0 bridgehead atoms. The van der Waals surface area contributed by atoms with Gasteiger partial charge in [-0.05, 0) is 68.6 Å². The van der Waals surface area contributed by atoms with Crippen molar-refractivity contribution in [3.8, 4) is 5.75 Å². The number of piperidine rings is 1. The van der Waals surface area contributed by atoms with Crippen molar-refractivity contribution in [2.24, 2.45) is 11.5 Å². The molecule has 2 aromatic rings. The number of phenolic OH excluding ortho intramolecular Hbond substituents is 1. The maximum atomic E-state index is 10.5. The monoisotopic (exact) mass is 358 g/mol. The van der Waals surface area contributed by atoms with E-state index in [0.29, 0.717) is 23.1 Å². The van der Waals surface area contributed by atoms with Crippen molar-refractivity contribution >= 4 is 27.1 Å². The number of thiophene rings is 1. The van der Waals surface area contributed by atoms with Gasteiger partial charge in [-0.2, -0.15) is 0 Å². The first-order valence-corrected chi connectivity index (χ1v) is 9.42. The molecule has 5 nitrogen and oxygen atoms in total. The first-order chi connectivity index (χ1) is 12.0. The third-order valence-electron chi connectivity index (χ3n) is 4.70. The van der Waals surface area contributed by atoms with Gasteiger partial charge < -0.3 is 26.8 Å². The number of nitrogens with zero attached hydrogens (tertiary/aromatic N) is 1. The first-order valence-electron chi connectivity index (χ1n) is 8.54. The Balaban J connectivity index is 1.80. The zero-order valence-corrected chi connectivity index (χ0v) is 15.6. The van der Waals surface area contributed by atoms with Gasteiger partial charge in [0.2, 0.25) is 0 Å². The molecule has 1 saturated heterocycles. The molecule has 1 unspecified atom stereocenters. The number of likely N-dealkylation sites (N-methyl/N-ethyl adjacent to an activating group) is 1. The van der Waals surface area contributed by atoms with Crippen LogP contribution in [0.5, 0.6) is 5.75 Å². The predicted octanol–water partition coefficient (Wildman–Crippen LogP) is 2.78. The van der Waals surface area contributed by atoms with Gasteiger partial charge in [0.1, 0.15) is 5.75 Å². The molecule has 0 spiro atoms. The van der Waals surface area contributed by atoms with Crippen LogP contribution in [0.2, 0.25) is 0 Å². The van der Waals surface area contributed by atoms with Crippen molar-refractivity contribution in [3.05, 3.63) is 46.6 Å². The molecule has 0 radical (unpaired) electrons. The number of nitrogens with two attached hydrogens (primary N) is 2. The Kier molecular flexibility index (Phi) is 5.20. The number of rotatable bonds is 4. The van der Waals surface area contributed by atoms with Crippen LogP contribution in [-0.4, -0.2) is 36.2 Å². The van der Waals surface area contributed by atoms with Crippen molar-refractivity contribution in [3.63, 3.8) is 0 Å². The minimum atomic E-state index is 0.223. The Hall–Kier alpha value is -2.18. The molecule has 1 atom stereocenters. The molecule has 6 heteroatoms. The Bertz CT molecular complexity index is 824. The standard InChI is InChI=1S/C19H26N4OS/c1-12(19(21)22-13-4-3-8-23(2)11-13)10-16(20)14-5-6-17-15(18(14)24)7-9-25-17/h5-7,9-10,13,22,24H,3-4,8,11,20-21H2,1-2H3/b16-10-,19-12+. The Labute approximate surface area is 152 Å². The van der Waals surface area contributed by atoms with Crippen LogP contribution < -0.4 is 16.8 Å². The zero-order chi connectivity index (χ0) is 18.0. The van der Waals surface area contributed by atoms with Crippen molar-refractivity contribution in [1.82, 2.24) is 10.2 Å². The zero-order valence-electron chi connectivity index (χ0n) is 14.7. The number of likely N-dealkylation sites (tertiary alicyclic amines) is 1. The van der Waals surface area contributed by atoms with Crippen molar-refractivity contribution in [2.45, 2.75) is 25.8 Å². The van der Waals surface area contributed by atoms with Crippen LogP contribution in [0.15, 0.2) is 41.0 Å². The molecule has 1 aromatic carbocycles. The molecule has 6 N–H and O–H groups in total. The van der Waals surface area contributed by atoms with E-state index in [9.17, 15) is 5.11 Å². The SMILES string of the molecule is CC(/C=C(\N)c1ccc2sccc2c1O)=C(/N)NC1CCCN(C)C1. The largest absolute Gasteiger partial charge is 0.507 e. The third-order valence-corrected chi connectivity index (χ3v) is 5.58. The van der Waals surface area contributed by atoms with Gasteiger partial charge >= 0.3 is 0 Å². The second-order valence-corrected chi connectivity index (χ2v) is 7.68. The lowest BCUT2D eigenvalue weighted by molar-refractivity contribution is 0.234. The lowest BCUT2D eigenvalue weighted by Gasteiger charge is -2.31. The van der Waals surface area contributed by atoms with Crippen LogP contribution >= 0.6 is 11.3 Å². The van der Waals surface area contributed by atoms with Gasteiger partial charge in [-0.25, -0.2) is 0 Å². The molecule has 3 rings (SSSR count). The summed E-state index contributed by atoms with van der Waals surface area (Å²) in [5.74, 6) is 0.861. The van der Waals surface area contributed by atoms with Gasteiger partial charge in [0.15, 0.2) is 0 Å². The van der Waals surface area contributed by atoms with Crippen LogP contribution in [-0.2, 0) is 0 Å². The summed E-state index contributed by atoms with van der Waals surface area (Å²) in [4.78, 5) is 2.31. The molecule has 1 aromatic heterocycles. The number of phenols is 1. The molecule has 1 fully saturated rings. The molecule has 1 aliphatic heterocycles. The lowest BCUT2D eigenvalue weighted by Crippen LogP contribution is -2.45. The maximum absolute atomic E-state index is 10.5. The molecule has 2 heterocycles. The molecule has 25 heavy (non-hydrogen) atoms.